The van der Waals surface area contributed by atoms with E-state index in [0.29, 0.717) is 19.8 Å². The normalized spacial score (nSPS) is 24.4. The minimum atomic E-state index is -0.524. The third kappa shape index (κ3) is 4.30. The summed E-state index contributed by atoms with van der Waals surface area (Å²) >= 11 is 0. The molecule has 0 spiro atoms. The highest BCUT2D eigenvalue weighted by Crippen LogP contribution is 2.44. The van der Waals surface area contributed by atoms with Crippen LogP contribution in [0.1, 0.15) is 20.3 Å². The predicted molar refractivity (Wildman–Crippen MR) is 90.3 cm³/mol. The van der Waals surface area contributed by atoms with E-state index in [4.69, 9.17) is 14.2 Å². The van der Waals surface area contributed by atoms with Crippen LogP contribution in [0.25, 0.3) is 0 Å². The average Bonchev–Trinajstić information content (AvgIpc) is 3.38. The molecule has 0 bridgehead atoms. The maximum atomic E-state index is 12.0. The molecule has 0 radical (unpaired) electrons. The second-order valence-electron chi connectivity index (χ2n) is 5.49. The molecule has 0 saturated carbocycles. The van der Waals surface area contributed by atoms with Crippen molar-refractivity contribution >= 4 is 27.8 Å². The third-order valence-corrected chi connectivity index (χ3v) is 6.38. The summed E-state index contributed by atoms with van der Waals surface area (Å²) in [4.78, 5) is 18.6. The van der Waals surface area contributed by atoms with E-state index in [1.165, 1.54) is 0 Å². The number of hydrogen-bond donors (Lipinski definition) is 0. The highest BCUT2D eigenvalue weighted by molar-refractivity contribution is 8.24. The highest BCUT2D eigenvalue weighted by Gasteiger charge is 2.39. The van der Waals surface area contributed by atoms with E-state index in [2.05, 4.69) is 29.1 Å². The van der Waals surface area contributed by atoms with Gasteiger partial charge in [0.05, 0.1) is 24.6 Å². The van der Waals surface area contributed by atoms with Crippen LogP contribution >= 0.6 is 10.5 Å². The van der Waals surface area contributed by atoms with Crippen molar-refractivity contribution in [3.8, 4) is 0 Å². The van der Waals surface area contributed by atoms with E-state index in [0.717, 1.165) is 31.1 Å². The topological polar surface area (TPSA) is 60.4 Å². The van der Waals surface area contributed by atoms with Crippen molar-refractivity contribution in [2.24, 2.45) is 4.99 Å². The Morgan fingerprint density at radius 3 is 2.64 bits per heavy atom. The Bertz CT molecular complexity index is 460. The third-order valence-electron chi connectivity index (χ3n) is 4.08. The zero-order valence-electron chi connectivity index (χ0n) is 13.7. The fourth-order valence-corrected chi connectivity index (χ4v) is 4.28. The first-order chi connectivity index (χ1) is 10.6. The van der Waals surface area contributed by atoms with Gasteiger partial charge in [-0.2, -0.15) is 15.5 Å². The summed E-state index contributed by atoms with van der Waals surface area (Å²) in [6, 6.07) is 0. The van der Waals surface area contributed by atoms with Crippen LogP contribution in [0.3, 0.4) is 0 Å². The molecule has 0 aromatic rings. The van der Waals surface area contributed by atoms with E-state index < -0.39 is 6.09 Å². The first-order valence-corrected chi connectivity index (χ1v) is 9.18. The molecule has 1 amide bonds. The van der Waals surface area contributed by atoms with E-state index >= 15 is 0 Å². The molecular formula is C15H26N2O4S. The second kappa shape index (κ2) is 8.08. The van der Waals surface area contributed by atoms with Gasteiger partial charge in [0.1, 0.15) is 12.4 Å². The first-order valence-electron chi connectivity index (χ1n) is 7.72. The van der Waals surface area contributed by atoms with Crippen molar-refractivity contribution in [1.29, 1.82) is 0 Å². The van der Waals surface area contributed by atoms with Gasteiger partial charge in [0, 0.05) is 26.0 Å². The Kier molecular flexibility index (Phi) is 6.40. The largest absolute Gasteiger partial charge is 0.445 e. The number of carbonyl (C=O) groups is 1. The molecule has 2 unspecified atom stereocenters. The molecule has 1 saturated heterocycles. The Morgan fingerprint density at radius 2 is 2.09 bits per heavy atom. The second-order valence-corrected chi connectivity index (χ2v) is 7.91. The molecule has 0 aromatic carbocycles. The van der Waals surface area contributed by atoms with Crippen LogP contribution in [0.5, 0.6) is 0 Å². The van der Waals surface area contributed by atoms with Gasteiger partial charge in [0.25, 0.3) is 0 Å². The lowest BCUT2D eigenvalue weighted by atomic mass is 10.1. The summed E-state index contributed by atoms with van der Waals surface area (Å²) in [6.07, 6.45) is 0.428. The monoisotopic (exact) mass is 330 g/mol. The van der Waals surface area contributed by atoms with Crippen molar-refractivity contribution < 1.29 is 19.0 Å². The minimum Gasteiger partial charge on any atom is -0.445 e. The summed E-state index contributed by atoms with van der Waals surface area (Å²) in [5, 5.41) is 2.32. The number of ether oxygens (including phenoxy) is 3. The first kappa shape index (κ1) is 17.4. The molecule has 6 nitrogen and oxygen atoms in total. The summed E-state index contributed by atoms with van der Waals surface area (Å²) in [5.41, 5.74) is 0. The summed E-state index contributed by atoms with van der Waals surface area (Å²) < 4.78 is 15.4. The lowest BCUT2D eigenvalue weighted by Gasteiger charge is -2.38. The van der Waals surface area contributed by atoms with Crippen molar-refractivity contribution in [3.63, 3.8) is 0 Å². The number of hydrogen-bond acceptors (Lipinski definition) is 4. The van der Waals surface area contributed by atoms with Gasteiger partial charge >= 0.3 is 6.09 Å². The van der Waals surface area contributed by atoms with Crippen LogP contribution in [0.2, 0.25) is 0 Å². The van der Waals surface area contributed by atoms with Gasteiger partial charge < -0.3 is 19.1 Å². The van der Waals surface area contributed by atoms with Gasteiger partial charge in [0.2, 0.25) is 0 Å². The van der Waals surface area contributed by atoms with Gasteiger partial charge in [-0.3, -0.25) is 0 Å². The number of morpholine rings is 1. The van der Waals surface area contributed by atoms with Crippen LogP contribution < -0.4 is 0 Å². The molecule has 2 aliphatic rings. The molecule has 7 heteroatoms. The predicted octanol–water partition coefficient (Wildman–Crippen LogP) is 1.75. The van der Waals surface area contributed by atoms with Gasteiger partial charge in [-0.05, 0) is 13.3 Å². The van der Waals surface area contributed by atoms with Crippen molar-refractivity contribution in [2.45, 2.75) is 25.0 Å². The van der Waals surface area contributed by atoms with Crippen LogP contribution in [-0.2, 0) is 14.2 Å². The highest BCUT2D eigenvalue weighted by atomic mass is 32.2. The zero-order chi connectivity index (χ0) is 16.0. The van der Waals surface area contributed by atoms with Crippen LogP contribution in [-0.4, -0.2) is 79.3 Å². The average molecular weight is 330 g/mol. The van der Waals surface area contributed by atoms with Crippen LogP contribution in [0.4, 0.5) is 4.79 Å². The van der Waals surface area contributed by atoms with E-state index in [1.54, 1.807) is 7.11 Å². The molecule has 1 fully saturated rings. The number of amidine groups is 1. The smallest absolute Gasteiger partial charge is 0.435 e. The van der Waals surface area contributed by atoms with E-state index in [-0.39, 0.29) is 21.8 Å². The maximum Gasteiger partial charge on any atom is 0.435 e. The molecule has 2 rings (SSSR count). The van der Waals surface area contributed by atoms with E-state index in [1.807, 2.05) is 0 Å². The Labute approximate surface area is 134 Å². The fourth-order valence-electron chi connectivity index (χ4n) is 2.49. The van der Waals surface area contributed by atoms with Crippen molar-refractivity contribution in [1.82, 2.24) is 4.90 Å². The number of methoxy groups -OCH3 is 1. The number of carbonyl (C=O) groups excluding carboxylic acids is 1. The fraction of sp³-hybridized carbons (Fsp3) is 0.800. The molecule has 0 aromatic heterocycles. The van der Waals surface area contributed by atoms with Crippen LogP contribution in [0.15, 0.2) is 4.99 Å². The Balaban J connectivity index is 2.16. The standard InChI is InChI=1S/C15H26N2O4S/c1-4-15(2,22-11-12-22)13(17-5-7-20-8-6-17)16-14(18)21-10-9-19-3/h11H,4-10,12H2,1-3H3. The van der Waals surface area contributed by atoms with Gasteiger partial charge in [-0.25, -0.2) is 4.79 Å². The summed E-state index contributed by atoms with van der Waals surface area (Å²) in [6.45, 7) is 7.88. The lowest BCUT2D eigenvalue weighted by molar-refractivity contribution is 0.0659. The van der Waals surface area contributed by atoms with Crippen molar-refractivity contribution in [2.75, 3.05) is 52.4 Å². The number of nitrogens with zero attached hydrogens (tertiary/aromatic N) is 2. The van der Waals surface area contributed by atoms with Gasteiger partial charge in [0.15, 0.2) is 0 Å². The zero-order valence-corrected chi connectivity index (χ0v) is 14.5. The number of rotatable bonds is 6. The molecule has 2 aliphatic heterocycles. The Morgan fingerprint density at radius 1 is 1.41 bits per heavy atom. The van der Waals surface area contributed by atoms with Crippen molar-refractivity contribution in [3.05, 3.63) is 0 Å². The van der Waals surface area contributed by atoms with Gasteiger partial charge in [-0.1, -0.05) is 12.3 Å². The molecule has 22 heavy (non-hydrogen) atoms. The SMILES string of the molecule is CCC(C)(C(=NC(=O)OCCOC)N1CCOCC1)S1=CC1. The lowest BCUT2D eigenvalue weighted by Crippen LogP contribution is -2.50. The Hall–Kier alpha value is -0.920. The van der Waals surface area contributed by atoms with Gasteiger partial charge in [-0.15, -0.1) is 0 Å². The molecule has 0 aliphatic carbocycles. The molecule has 0 N–H and O–H groups in total. The molecule has 2 atom stereocenters. The molecule has 2 heterocycles. The summed E-state index contributed by atoms with van der Waals surface area (Å²) in [5.74, 6) is 1.98. The number of aliphatic imine (C=N–C) groups is 1. The van der Waals surface area contributed by atoms with E-state index in [9.17, 15) is 4.79 Å². The summed E-state index contributed by atoms with van der Waals surface area (Å²) in [7, 11) is 1.78. The minimum absolute atomic E-state index is 0.0857. The maximum absolute atomic E-state index is 12.0. The molecular weight excluding hydrogens is 304 g/mol. The molecule has 126 valence electrons. The van der Waals surface area contributed by atoms with Crippen LogP contribution in [0, 0.1) is 0 Å². The number of amides is 1. The quantitative estimate of drug-likeness (QED) is 0.321.